The topological polar surface area (TPSA) is 93.7 Å². The van der Waals surface area contributed by atoms with Crippen LogP contribution in [0.4, 0.5) is 5.69 Å². The van der Waals surface area contributed by atoms with Crippen LogP contribution >= 0.6 is 11.6 Å². The van der Waals surface area contributed by atoms with Crippen LogP contribution in [0.3, 0.4) is 0 Å². The molecule has 7 nitrogen and oxygen atoms in total. The van der Waals surface area contributed by atoms with Crippen LogP contribution in [0.1, 0.15) is 48.2 Å². The second kappa shape index (κ2) is 11.4. The van der Waals surface area contributed by atoms with Gasteiger partial charge >= 0.3 is 5.97 Å². The van der Waals surface area contributed by atoms with Crippen molar-refractivity contribution >= 4 is 35.1 Å². The van der Waals surface area contributed by atoms with Gasteiger partial charge in [0.05, 0.1) is 0 Å². The van der Waals surface area contributed by atoms with Gasteiger partial charge in [0.15, 0.2) is 13.2 Å². The standard InChI is InChI=1S/C23H27ClN2O5/c1-5-25-23(29)16-7-6-8-17(10-16)26-21(27)12-31-22(28)13-30-20-9-15(4)19(24)11-18(20)14(2)3/h6-11,14H,5,12-13H2,1-4H3,(H,25,29)(H,26,27). The van der Waals surface area contributed by atoms with Gasteiger partial charge in [0.25, 0.3) is 11.8 Å². The molecule has 0 atom stereocenters. The Labute approximate surface area is 187 Å². The fraction of sp³-hybridized carbons (Fsp3) is 0.348. The lowest BCUT2D eigenvalue weighted by Gasteiger charge is -2.15. The lowest BCUT2D eigenvalue weighted by atomic mass is 10.0. The molecule has 2 aromatic rings. The predicted octanol–water partition coefficient (Wildman–Crippen LogP) is 4.08. The van der Waals surface area contributed by atoms with E-state index in [0.29, 0.717) is 28.6 Å². The highest BCUT2D eigenvalue weighted by Crippen LogP contribution is 2.32. The van der Waals surface area contributed by atoms with Gasteiger partial charge in [-0.3, -0.25) is 9.59 Å². The maximum Gasteiger partial charge on any atom is 0.344 e. The molecule has 0 aliphatic carbocycles. The van der Waals surface area contributed by atoms with Gasteiger partial charge in [-0.2, -0.15) is 0 Å². The van der Waals surface area contributed by atoms with Crippen molar-refractivity contribution in [1.82, 2.24) is 5.32 Å². The highest BCUT2D eigenvalue weighted by molar-refractivity contribution is 6.31. The van der Waals surface area contributed by atoms with Gasteiger partial charge in [-0.25, -0.2) is 4.79 Å². The molecule has 0 aromatic heterocycles. The average Bonchev–Trinajstić information content (AvgIpc) is 2.73. The summed E-state index contributed by atoms with van der Waals surface area (Å²) in [5.41, 5.74) is 2.57. The smallest absolute Gasteiger partial charge is 0.344 e. The SMILES string of the molecule is CCNC(=O)c1cccc(NC(=O)COC(=O)COc2cc(C)c(Cl)cc2C(C)C)c1. The van der Waals surface area contributed by atoms with Gasteiger partial charge < -0.3 is 20.1 Å². The van der Waals surface area contributed by atoms with E-state index in [1.807, 2.05) is 33.8 Å². The lowest BCUT2D eigenvalue weighted by molar-refractivity contribution is -0.149. The number of halogens is 1. The van der Waals surface area contributed by atoms with Crippen LogP contribution in [0.5, 0.6) is 5.75 Å². The second-order valence-corrected chi connectivity index (χ2v) is 7.64. The van der Waals surface area contributed by atoms with E-state index < -0.39 is 18.5 Å². The maximum absolute atomic E-state index is 12.1. The summed E-state index contributed by atoms with van der Waals surface area (Å²) in [6.45, 7) is 7.36. The van der Waals surface area contributed by atoms with Crippen molar-refractivity contribution in [3.63, 3.8) is 0 Å². The number of benzene rings is 2. The Morgan fingerprint density at radius 1 is 1.10 bits per heavy atom. The summed E-state index contributed by atoms with van der Waals surface area (Å²) in [6, 6.07) is 10.1. The molecular formula is C23H27ClN2O5. The molecule has 8 heteroatoms. The molecular weight excluding hydrogens is 420 g/mol. The third kappa shape index (κ3) is 7.29. The second-order valence-electron chi connectivity index (χ2n) is 7.23. The molecule has 2 N–H and O–H groups in total. The fourth-order valence-electron chi connectivity index (χ4n) is 2.77. The Hall–Kier alpha value is -3.06. The molecule has 166 valence electrons. The van der Waals surface area contributed by atoms with Gasteiger partial charge in [-0.05, 0) is 61.2 Å². The Kier molecular flexibility index (Phi) is 8.88. The zero-order chi connectivity index (χ0) is 23.0. The lowest BCUT2D eigenvalue weighted by Crippen LogP contribution is -2.25. The summed E-state index contributed by atoms with van der Waals surface area (Å²) in [6.07, 6.45) is 0. The summed E-state index contributed by atoms with van der Waals surface area (Å²) in [5.74, 6) is -0.717. The minimum atomic E-state index is -0.673. The number of carbonyl (C=O) groups is 3. The number of nitrogens with one attached hydrogen (secondary N) is 2. The van der Waals surface area contributed by atoms with Gasteiger partial charge in [0.2, 0.25) is 0 Å². The third-order valence-corrected chi connectivity index (χ3v) is 4.78. The molecule has 0 saturated heterocycles. The molecule has 31 heavy (non-hydrogen) atoms. The molecule has 0 bridgehead atoms. The van der Waals surface area contributed by atoms with E-state index in [-0.39, 0.29) is 18.4 Å². The average molecular weight is 447 g/mol. The molecule has 0 unspecified atom stereocenters. The van der Waals surface area contributed by atoms with Crippen molar-refractivity contribution in [3.8, 4) is 5.75 Å². The van der Waals surface area contributed by atoms with Crippen LogP contribution in [0.2, 0.25) is 5.02 Å². The highest BCUT2D eigenvalue weighted by atomic mass is 35.5. The van der Waals surface area contributed by atoms with Crippen LogP contribution in [0.15, 0.2) is 36.4 Å². The number of rotatable bonds is 9. The van der Waals surface area contributed by atoms with E-state index in [1.165, 1.54) is 0 Å². The van der Waals surface area contributed by atoms with Crippen LogP contribution in [-0.2, 0) is 14.3 Å². The zero-order valence-electron chi connectivity index (χ0n) is 18.1. The van der Waals surface area contributed by atoms with E-state index in [4.69, 9.17) is 21.1 Å². The molecule has 0 saturated carbocycles. The number of esters is 1. The van der Waals surface area contributed by atoms with E-state index in [1.54, 1.807) is 30.3 Å². The van der Waals surface area contributed by atoms with Crippen LogP contribution in [-0.4, -0.2) is 37.5 Å². The summed E-state index contributed by atoms with van der Waals surface area (Å²) < 4.78 is 10.6. The van der Waals surface area contributed by atoms with E-state index in [2.05, 4.69) is 10.6 Å². The van der Waals surface area contributed by atoms with E-state index in [0.717, 1.165) is 11.1 Å². The van der Waals surface area contributed by atoms with Crippen molar-refractivity contribution in [2.75, 3.05) is 25.1 Å². The fourth-order valence-corrected chi connectivity index (χ4v) is 2.94. The van der Waals surface area contributed by atoms with Crippen LogP contribution in [0.25, 0.3) is 0 Å². The number of hydrogen-bond donors (Lipinski definition) is 2. The Bertz CT molecular complexity index is 959. The summed E-state index contributed by atoms with van der Waals surface area (Å²) in [4.78, 5) is 36.0. The molecule has 2 aromatic carbocycles. The van der Waals surface area contributed by atoms with Crippen molar-refractivity contribution in [1.29, 1.82) is 0 Å². The Morgan fingerprint density at radius 3 is 2.52 bits per heavy atom. The molecule has 0 heterocycles. The predicted molar refractivity (Wildman–Crippen MR) is 120 cm³/mol. The molecule has 2 rings (SSSR count). The minimum absolute atomic E-state index is 0.157. The molecule has 0 spiro atoms. The van der Waals surface area contributed by atoms with Gasteiger partial charge in [0.1, 0.15) is 5.75 Å². The van der Waals surface area contributed by atoms with E-state index >= 15 is 0 Å². The number of aryl methyl sites for hydroxylation is 1. The Balaban J connectivity index is 1.87. The molecule has 0 aliphatic heterocycles. The molecule has 0 aliphatic rings. The first-order chi connectivity index (χ1) is 14.7. The largest absolute Gasteiger partial charge is 0.482 e. The van der Waals surface area contributed by atoms with Crippen molar-refractivity contribution in [2.45, 2.75) is 33.6 Å². The molecule has 0 radical (unpaired) electrons. The number of carbonyl (C=O) groups excluding carboxylic acids is 3. The van der Waals surface area contributed by atoms with Crippen LogP contribution < -0.4 is 15.4 Å². The zero-order valence-corrected chi connectivity index (χ0v) is 18.8. The van der Waals surface area contributed by atoms with Gasteiger partial charge in [0, 0.05) is 22.8 Å². The first kappa shape index (κ1) is 24.2. The van der Waals surface area contributed by atoms with E-state index in [9.17, 15) is 14.4 Å². The Morgan fingerprint density at radius 2 is 1.84 bits per heavy atom. The van der Waals surface area contributed by atoms with Gasteiger partial charge in [-0.1, -0.05) is 31.5 Å². The minimum Gasteiger partial charge on any atom is -0.482 e. The molecule has 2 amide bonds. The third-order valence-electron chi connectivity index (χ3n) is 4.37. The van der Waals surface area contributed by atoms with Crippen molar-refractivity contribution < 1.29 is 23.9 Å². The number of amides is 2. The number of anilines is 1. The van der Waals surface area contributed by atoms with Gasteiger partial charge in [-0.15, -0.1) is 0 Å². The quantitative estimate of drug-likeness (QED) is 0.566. The molecule has 0 fully saturated rings. The summed E-state index contributed by atoms with van der Waals surface area (Å²) in [7, 11) is 0. The monoisotopic (exact) mass is 446 g/mol. The summed E-state index contributed by atoms with van der Waals surface area (Å²) >= 11 is 6.17. The van der Waals surface area contributed by atoms with Crippen LogP contribution in [0, 0.1) is 6.92 Å². The first-order valence-corrected chi connectivity index (χ1v) is 10.4. The van der Waals surface area contributed by atoms with Crippen molar-refractivity contribution in [3.05, 3.63) is 58.1 Å². The van der Waals surface area contributed by atoms with Crippen molar-refractivity contribution in [2.24, 2.45) is 0 Å². The number of hydrogen-bond acceptors (Lipinski definition) is 5. The first-order valence-electron chi connectivity index (χ1n) is 9.97. The summed E-state index contributed by atoms with van der Waals surface area (Å²) in [5, 5.41) is 5.91. The number of ether oxygens (including phenoxy) is 2. The maximum atomic E-state index is 12.1. The normalized spacial score (nSPS) is 10.5. The highest BCUT2D eigenvalue weighted by Gasteiger charge is 2.14.